The van der Waals surface area contributed by atoms with Crippen LogP contribution in [-0.2, 0) is 0 Å². The second-order valence-electron chi connectivity index (χ2n) is 4.67. The highest BCUT2D eigenvalue weighted by Gasteiger charge is 2.26. The summed E-state index contributed by atoms with van der Waals surface area (Å²) in [6.45, 7) is 9.08. The molecule has 5 heteroatoms. The quantitative estimate of drug-likeness (QED) is 0.925. The summed E-state index contributed by atoms with van der Waals surface area (Å²) >= 11 is 0. The number of hydrogen-bond donors (Lipinski definition) is 1. The van der Waals surface area contributed by atoms with Crippen molar-refractivity contribution in [1.82, 2.24) is 10.2 Å². The Kier molecular flexibility index (Phi) is 8.70. The lowest BCUT2D eigenvalue weighted by Gasteiger charge is -2.37. The zero-order valence-electron chi connectivity index (χ0n) is 11.1. The molecule has 0 radical (unpaired) electrons. The Labute approximate surface area is 122 Å². The maximum atomic E-state index is 5.24. The fraction of sp³-hybridized carbons (Fsp3) is 0.692. The molecule has 1 unspecified atom stereocenters. The van der Waals surface area contributed by atoms with Crippen molar-refractivity contribution in [3.63, 3.8) is 0 Å². The molecule has 1 aromatic rings. The van der Waals surface area contributed by atoms with Gasteiger partial charge in [-0.3, -0.25) is 4.90 Å². The van der Waals surface area contributed by atoms with Gasteiger partial charge in [-0.05, 0) is 12.0 Å². The second-order valence-corrected chi connectivity index (χ2v) is 4.67. The molecule has 1 aliphatic rings. The minimum atomic E-state index is 0. The van der Waals surface area contributed by atoms with E-state index in [2.05, 4.69) is 30.1 Å². The van der Waals surface area contributed by atoms with Crippen LogP contribution in [0, 0.1) is 5.92 Å². The average Bonchev–Trinajstić information content (AvgIpc) is 2.84. The molecule has 1 fully saturated rings. The molecule has 3 nitrogen and oxygen atoms in total. The summed E-state index contributed by atoms with van der Waals surface area (Å²) in [4.78, 5) is 2.58. The first-order valence-corrected chi connectivity index (χ1v) is 6.29. The monoisotopic (exact) mass is 294 g/mol. The summed E-state index contributed by atoms with van der Waals surface area (Å²) in [5, 5.41) is 3.41. The van der Waals surface area contributed by atoms with Crippen molar-refractivity contribution in [2.45, 2.75) is 26.3 Å². The summed E-state index contributed by atoms with van der Waals surface area (Å²) in [7, 11) is 0. The van der Waals surface area contributed by atoms with Crippen molar-refractivity contribution in [3.8, 4) is 0 Å². The summed E-state index contributed by atoms with van der Waals surface area (Å²) in [6.07, 6.45) is 4.89. The van der Waals surface area contributed by atoms with Crippen LogP contribution in [0.3, 0.4) is 0 Å². The van der Waals surface area contributed by atoms with Crippen LogP contribution in [0.1, 0.15) is 31.9 Å². The molecular weight excluding hydrogens is 271 g/mol. The molecule has 0 saturated carbocycles. The molecule has 18 heavy (non-hydrogen) atoms. The van der Waals surface area contributed by atoms with Gasteiger partial charge in [0.2, 0.25) is 0 Å². The topological polar surface area (TPSA) is 28.4 Å². The minimum Gasteiger partial charge on any atom is -0.472 e. The Hall–Kier alpha value is -0.220. The van der Waals surface area contributed by atoms with E-state index in [-0.39, 0.29) is 24.8 Å². The predicted octanol–water partition coefficient (Wildman–Crippen LogP) is 3.12. The number of nitrogens with one attached hydrogen (secondary N) is 1. The molecule has 1 N–H and O–H groups in total. The summed E-state index contributed by atoms with van der Waals surface area (Å²) in [5.74, 6) is 0.677. The first-order chi connectivity index (χ1) is 7.83. The molecular formula is C13H24Cl2N2O. The van der Waals surface area contributed by atoms with Crippen LogP contribution in [0.15, 0.2) is 23.0 Å². The third-order valence-electron chi connectivity index (χ3n) is 3.61. The van der Waals surface area contributed by atoms with Gasteiger partial charge in [0.15, 0.2) is 0 Å². The number of rotatable bonds is 4. The van der Waals surface area contributed by atoms with Crippen molar-refractivity contribution in [2.24, 2.45) is 5.92 Å². The first kappa shape index (κ1) is 17.8. The molecule has 0 spiro atoms. The van der Waals surface area contributed by atoms with Crippen molar-refractivity contribution in [1.29, 1.82) is 0 Å². The largest absolute Gasteiger partial charge is 0.472 e. The molecule has 1 aromatic heterocycles. The third-order valence-corrected chi connectivity index (χ3v) is 3.61. The summed E-state index contributed by atoms with van der Waals surface area (Å²) in [5.41, 5.74) is 1.33. The summed E-state index contributed by atoms with van der Waals surface area (Å²) in [6, 6.07) is 2.63. The Morgan fingerprint density at radius 3 is 2.50 bits per heavy atom. The summed E-state index contributed by atoms with van der Waals surface area (Å²) < 4.78 is 5.24. The van der Waals surface area contributed by atoms with Crippen LogP contribution in [0.5, 0.6) is 0 Å². The Bertz CT molecular complexity index is 300. The maximum Gasteiger partial charge on any atom is 0.0950 e. The Balaban J connectivity index is 0.00000144. The van der Waals surface area contributed by atoms with E-state index in [4.69, 9.17) is 4.42 Å². The Morgan fingerprint density at radius 1 is 1.33 bits per heavy atom. The van der Waals surface area contributed by atoms with Gasteiger partial charge in [0.25, 0.3) is 0 Å². The fourth-order valence-corrected chi connectivity index (χ4v) is 2.53. The molecule has 1 aliphatic heterocycles. The van der Waals surface area contributed by atoms with Gasteiger partial charge in [-0.1, -0.05) is 20.3 Å². The van der Waals surface area contributed by atoms with Gasteiger partial charge in [-0.2, -0.15) is 0 Å². The van der Waals surface area contributed by atoms with Crippen molar-refractivity contribution < 1.29 is 4.42 Å². The number of piperazine rings is 1. The van der Waals surface area contributed by atoms with E-state index in [1.807, 2.05) is 6.26 Å². The normalized spacial score (nSPS) is 19.4. The number of halogens is 2. The SMILES string of the molecule is CCC(C)[C@H](c1ccoc1)N1CCNCC1.Cl.Cl. The van der Waals surface area contributed by atoms with Gasteiger partial charge in [-0.25, -0.2) is 0 Å². The van der Waals surface area contributed by atoms with E-state index >= 15 is 0 Å². The minimum absolute atomic E-state index is 0. The van der Waals surface area contributed by atoms with Gasteiger partial charge in [0.05, 0.1) is 12.5 Å². The van der Waals surface area contributed by atoms with Crippen molar-refractivity contribution in [3.05, 3.63) is 24.2 Å². The molecule has 106 valence electrons. The van der Waals surface area contributed by atoms with Gasteiger partial charge in [-0.15, -0.1) is 24.8 Å². The molecule has 0 amide bonds. The number of hydrogen-bond acceptors (Lipinski definition) is 3. The van der Waals surface area contributed by atoms with E-state index in [1.54, 1.807) is 6.26 Å². The third kappa shape index (κ3) is 4.16. The number of nitrogens with zero attached hydrogens (tertiary/aromatic N) is 1. The molecule has 0 bridgehead atoms. The van der Waals surface area contributed by atoms with E-state index in [1.165, 1.54) is 12.0 Å². The zero-order chi connectivity index (χ0) is 11.4. The van der Waals surface area contributed by atoms with Gasteiger partial charge >= 0.3 is 0 Å². The zero-order valence-corrected chi connectivity index (χ0v) is 12.7. The van der Waals surface area contributed by atoms with Crippen LogP contribution >= 0.6 is 24.8 Å². The highest BCUT2D eigenvalue weighted by Crippen LogP contribution is 2.31. The highest BCUT2D eigenvalue weighted by molar-refractivity contribution is 5.85. The average molecular weight is 295 g/mol. The fourth-order valence-electron chi connectivity index (χ4n) is 2.53. The molecule has 2 heterocycles. The van der Waals surface area contributed by atoms with Crippen LogP contribution in [-0.4, -0.2) is 31.1 Å². The van der Waals surface area contributed by atoms with E-state index in [0.29, 0.717) is 12.0 Å². The van der Waals surface area contributed by atoms with Crippen LogP contribution in [0.2, 0.25) is 0 Å². The van der Waals surface area contributed by atoms with E-state index in [9.17, 15) is 0 Å². The van der Waals surface area contributed by atoms with Gasteiger partial charge in [0.1, 0.15) is 0 Å². The molecule has 2 rings (SSSR count). The van der Waals surface area contributed by atoms with E-state index < -0.39 is 0 Å². The van der Waals surface area contributed by atoms with Crippen molar-refractivity contribution in [2.75, 3.05) is 26.2 Å². The lowest BCUT2D eigenvalue weighted by Crippen LogP contribution is -2.46. The number of furan rings is 1. The van der Waals surface area contributed by atoms with Gasteiger partial charge < -0.3 is 9.73 Å². The van der Waals surface area contributed by atoms with Crippen molar-refractivity contribution >= 4 is 24.8 Å². The maximum absolute atomic E-state index is 5.24. The van der Waals surface area contributed by atoms with Gasteiger partial charge in [0, 0.05) is 37.8 Å². The second kappa shape index (κ2) is 8.81. The van der Waals surface area contributed by atoms with E-state index in [0.717, 1.165) is 26.2 Å². The van der Waals surface area contributed by atoms with Crippen LogP contribution in [0.4, 0.5) is 0 Å². The molecule has 2 atom stereocenters. The lowest BCUT2D eigenvalue weighted by molar-refractivity contribution is 0.128. The molecule has 0 aliphatic carbocycles. The predicted molar refractivity (Wildman–Crippen MR) is 79.8 cm³/mol. The van der Waals surface area contributed by atoms with Crippen LogP contribution in [0.25, 0.3) is 0 Å². The molecule has 1 saturated heterocycles. The lowest BCUT2D eigenvalue weighted by atomic mass is 9.92. The smallest absolute Gasteiger partial charge is 0.0950 e. The highest BCUT2D eigenvalue weighted by atomic mass is 35.5. The first-order valence-electron chi connectivity index (χ1n) is 6.29. The standard InChI is InChI=1S/C13H22N2O.2ClH/c1-3-11(2)13(12-4-9-16-10-12)15-7-5-14-6-8-15;;/h4,9-11,13-14H,3,5-8H2,1-2H3;2*1H/t11?,13-;;/m1../s1. The Morgan fingerprint density at radius 2 is 2.00 bits per heavy atom. The van der Waals surface area contributed by atoms with Crippen LogP contribution < -0.4 is 5.32 Å². The molecule has 0 aromatic carbocycles.